The third-order valence-corrected chi connectivity index (χ3v) is 2.69. The highest BCUT2D eigenvalue weighted by Crippen LogP contribution is 2.33. The van der Waals surface area contributed by atoms with Crippen molar-refractivity contribution in [1.82, 2.24) is 4.90 Å². The lowest BCUT2D eigenvalue weighted by Gasteiger charge is -2.32. The molecule has 0 saturated carbocycles. The molecule has 1 heterocycles. The van der Waals surface area contributed by atoms with Gasteiger partial charge in [-0.1, -0.05) is 0 Å². The molecular weight excluding hydrogens is 192 g/mol. The molecule has 0 atom stereocenters. The first kappa shape index (κ1) is 11.4. The van der Waals surface area contributed by atoms with Gasteiger partial charge in [0.15, 0.2) is 0 Å². The van der Waals surface area contributed by atoms with Gasteiger partial charge in [-0.15, -0.1) is 0 Å². The lowest BCUT2D eigenvalue weighted by Crippen LogP contribution is -2.44. The van der Waals surface area contributed by atoms with Gasteiger partial charge in [-0.3, -0.25) is 0 Å². The van der Waals surface area contributed by atoms with Crippen LogP contribution in [0.2, 0.25) is 0 Å². The molecule has 0 bridgehead atoms. The Kier molecular flexibility index (Phi) is 3.42. The predicted octanol–water partition coefficient (Wildman–Crippen LogP) is 1.14. The third-order valence-electron chi connectivity index (χ3n) is 2.69. The zero-order chi connectivity index (χ0) is 10.8. The minimum Gasteiger partial charge on any atom is -0.465 e. The number of likely N-dealkylation sites (tertiary alicyclic amines) is 1. The topological polar surface area (TPSA) is 29.5 Å². The molecule has 0 aromatic rings. The van der Waals surface area contributed by atoms with E-state index in [1.54, 1.807) is 0 Å². The first-order chi connectivity index (χ1) is 6.48. The van der Waals surface area contributed by atoms with Crippen molar-refractivity contribution >= 4 is 5.97 Å². The molecule has 0 amide bonds. The van der Waals surface area contributed by atoms with E-state index < -0.39 is 17.8 Å². The Labute approximate surface area is 82.0 Å². The third kappa shape index (κ3) is 2.20. The summed E-state index contributed by atoms with van der Waals surface area (Å²) in [5.74, 6) is -5.60. The summed E-state index contributed by atoms with van der Waals surface area (Å²) in [7, 11) is 2.87. The molecule has 0 aromatic carbocycles. The fourth-order valence-electron chi connectivity index (χ4n) is 1.67. The number of halogens is 2. The second-order valence-electron chi connectivity index (χ2n) is 3.69. The SMILES string of the molecule is COC(=O)C(F)(F)C1CCN(C)CC1. The molecule has 3 nitrogen and oxygen atoms in total. The van der Waals surface area contributed by atoms with Crippen molar-refractivity contribution in [3.8, 4) is 0 Å². The summed E-state index contributed by atoms with van der Waals surface area (Å²) in [5, 5.41) is 0. The first-order valence-corrected chi connectivity index (χ1v) is 4.63. The zero-order valence-corrected chi connectivity index (χ0v) is 8.43. The molecule has 1 aliphatic heterocycles. The largest absolute Gasteiger partial charge is 0.465 e. The number of esters is 1. The zero-order valence-electron chi connectivity index (χ0n) is 8.43. The maximum absolute atomic E-state index is 13.3. The smallest absolute Gasteiger partial charge is 0.377 e. The molecule has 0 unspecified atom stereocenters. The van der Waals surface area contributed by atoms with Crippen LogP contribution in [-0.4, -0.2) is 44.0 Å². The number of alkyl halides is 2. The predicted molar refractivity (Wildman–Crippen MR) is 47.2 cm³/mol. The van der Waals surface area contributed by atoms with E-state index in [1.165, 1.54) is 0 Å². The molecule has 1 fully saturated rings. The molecule has 0 radical (unpaired) electrons. The van der Waals surface area contributed by atoms with Crippen molar-refractivity contribution < 1.29 is 18.3 Å². The Balaban J connectivity index is 2.59. The van der Waals surface area contributed by atoms with E-state index in [1.807, 2.05) is 11.9 Å². The van der Waals surface area contributed by atoms with Gasteiger partial charge in [-0.05, 0) is 33.0 Å². The van der Waals surface area contributed by atoms with Gasteiger partial charge in [-0.2, -0.15) is 8.78 Å². The van der Waals surface area contributed by atoms with Crippen molar-refractivity contribution in [3.05, 3.63) is 0 Å². The minimum atomic E-state index is -3.32. The van der Waals surface area contributed by atoms with Crippen LogP contribution in [0, 0.1) is 5.92 Å². The standard InChI is InChI=1S/C9H15F2NO2/c1-12-5-3-7(4-6-12)9(10,11)8(13)14-2/h7H,3-6H2,1-2H3. The van der Waals surface area contributed by atoms with E-state index in [2.05, 4.69) is 4.74 Å². The monoisotopic (exact) mass is 207 g/mol. The van der Waals surface area contributed by atoms with Crippen LogP contribution in [-0.2, 0) is 9.53 Å². The van der Waals surface area contributed by atoms with Crippen LogP contribution in [0.25, 0.3) is 0 Å². The maximum atomic E-state index is 13.3. The number of carbonyl (C=O) groups excluding carboxylic acids is 1. The van der Waals surface area contributed by atoms with Crippen LogP contribution in [0.3, 0.4) is 0 Å². The fourth-order valence-corrected chi connectivity index (χ4v) is 1.67. The van der Waals surface area contributed by atoms with E-state index in [0.717, 1.165) is 7.11 Å². The Morgan fingerprint density at radius 2 is 1.93 bits per heavy atom. The minimum absolute atomic E-state index is 0.346. The number of carbonyl (C=O) groups is 1. The normalized spacial score (nSPS) is 20.9. The second kappa shape index (κ2) is 4.21. The number of methoxy groups -OCH3 is 1. The Hall–Kier alpha value is -0.710. The molecular formula is C9H15F2NO2. The summed E-state index contributed by atoms with van der Waals surface area (Å²) in [4.78, 5) is 12.8. The van der Waals surface area contributed by atoms with Crippen LogP contribution in [0.15, 0.2) is 0 Å². The van der Waals surface area contributed by atoms with E-state index in [-0.39, 0.29) is 0 Å². The highest BCUT2D eigenvalue weighted by Gasteiger charge is 2.48. The maximum Gasteiger partial charge on any atom is 0.377 e. The van der Waals surface area contributed by atoms with Gasteiger partial charge >= 0.3 is 11.9 Å². The van der Waals surface area contributed by atoms with E-state index in [9.17, 15) is 13.6 Å². The van der Waals surface area contributed by atoms with Crippen LogP contribution < -0.4 is 0 Å². The Bertz CT molecular complexity index is 213. The second-order valence-corrected chi connectivity index (χ2v) is 3.69. The summed E-state index contributed by atoms with van der Waals surface area (Å²) >= 11 is 0. The molecule has 0 aromatic heterocycles. The molecule has 82 valence electrons. The summed E-state index contributed by atoms with van der Waals surface area (Å²) in [5.41, 5.74) is 0. The quantitative estimate of drug-likeness (QED) is 0.636. The Morgan fingerprint density at radius 3 is 2.36 bits per heavy atom. The average molecular weight is 207 g/mol. The Morgan fingerprint density at radius 1 is 1.43 bits per heavy atom. The molecule has 0 aliphatic carbocycles. The van der Waals surface area contributed by atoms with Crippen molar-refractivity contribution in [2.24, 2.45) is 5.92 Å². The fraction of sp³-hybridized carbons (Fsp3) is 0.889. The van der Waals surface area contributed by atoms with Crippen LogP contribution in [0.5, 0.6) is 0 Å². The van der Waals surface area contributed by atoms with Gasteiger partial charge < -0.3 is 9.64 Å². The van der Waals surface area contributed by atoms with Crippen LogP contribution in [0.4, 0.5) is 8.78 Å². The summed E-state index contributed by atoms with van der Waals surface area (Å²) < 4.78 is 30.8. The lowest BCUT2D eigenvalue weighted by atomic mass is 9.90. The van der Waals surface area contributed by atoms with Crippen molar-refractivity contribution in [2.45, 2.75) is 18.8 Å². The molecule has 0 spiro atoms. The summed E-state index contributed by atoms with van der Waals surface area (Å²) in [6.07, 6.45) is 0.692. The van der Waals surface area contributed by atoms with Crippen molar-refractivity contribution in [1.29, 1.82) is 0 Å². The van der Waals surface area contributed by atoms with Gasteiger partial charge in [0.25, 0.3) is 0 Å². The number of piperidine rings is 1. The van der Waals surface area contributed by atoms with Gasteiger partial charge in [0, 0.05) is 5.92 Å². The van der Waals surface area contributed by atoms with E-state index in [4.69, 9.17) is 0 Å². The first-order valence-electron chi connectivity index (χ1n) is 4.63. The molecule has 5 heteroatoms. The van der Waals surface area contributed by atoms with Gasteiger partial charge in [0.2, 0.25) is 0 Å². The lowest BCUT2D eigenvalue weighted by molar-refractivity contribution is -0.179. The van der Waals surface area contributed by atoms with Crippen LogP contribution in [0.1, 0.15) is 12.8 Å². The number of rotatable bonds is 2. The average Bonchev–Trinajstić information content (AvgIpc) is 2.17. The number of hydrogen-bond donors (Lipinski definition) is 0. The van der Waals surface area contributed by atoms with Crippen molar-refractivity contribution in [3.63, 3.8) is 0 Å². The molecule has 14 heavy (non-hydrogen) atoms. The van der Waals surface area contributed by atoms with Gasteiger partial charge in [0.1, 0.15) is 0 Å². The van der Waals surface area contributed by atoms with Crippen molar-refractivity contribution in [2.75, 3.05) is 27.2 Å². The summed E-state index contributed by atoms with van der Waals surface area (Å²) in [6, 6.07) is 0. The van der Waals surface area contributed by atoms with Crippen LogP contribution >= 0.6 is 0 Å². The molecule has 1 aliphatic rings. The number of ether oxygens (including phenoxy) is 1. The van der Waals surface area contributed by atoms with Gasteiger partial charge in [-0.25, -0.2) is 4.79 Å². The molecule has 1 rings (SSSR count). The summed E-state index contributed by atoms with van der Waals surface area (Å²) in [6.45, 7) is 1.22. The number of nitrogens with zero attached hydrogens (tertiary/aromatic N) is 1. The highest BCUT2D eigenvalue weighted by molar-refractivity contribution is 5.77. The molecule has 0 N–H and O–H groups in total. The van der Waals surface area contributed by atoms with E-state index >= 15 is 0 Å². The number of hydrogen-bond acceptors (Lipinski definition) is 3. The molecule has 1 saturated heterocycles. The van der Waals surface area contributed by atoms with Gasteiger partial charge in [0.05, 0.1) is 7.11 Å². The van der Waals surface area contributed by atoms with E-state index in [0.29, 0.717) is 25.9 Å². The highest BCUT2D eigenvalue weighted by atomic mass is 19.3.